The molecule has 1 saturated carbocycles. The van der Waals surface area contributed by atoms with Gasteiger partial charge in [-0.25, -0.2) is 0 Å². The molecule has 0 bridgehead atoms. The van der Waals surface area contributed by atoms with E-state index in [-0.39, 0.29) is 0 Å². The molecule has 25 heavy (non-hydrogen) atoms. The van der Waals surface area contributed by atoms with Gasteiger partial charge in [-0.2, -0.15) is 0 Å². The zero-order valence-electron chi connectivity index (χ0n) is 14.9. The normalized spacial score (nSPS) is 22.2. The number of rotatable bonds is 5. The topological polar surface area (TPSA) is 42.7 Å². The number of aromatic nitrogens is 3. The fourth-order valence-corrected chi connectivity index (χ4v) is 5.29. The van der Waals surface area contributed by atoms with Crippen molar-refractivity contribution in [3.63, 3.8) is 0 Å². The van der Waals surface area contributed by atoms with Gasteiger partial charge in [0.25, 0.3) is 0 Å². The van der Waals surface area contributed by atoms with Gasteiger partial charge >= 0.3 is 0 Å². The summed E-state index contributed by atoms with van der Waals surface area (Å²) >= 11 is 1.97. The highest BCUT2D eigenvalue weighted by atomic mass is 32.2. The van der Waals surface area contributed by atoms with Gasteiger partial charge in [0.05, 0.1) is 6.17 Å². The second-order valence-corrected chi connectivity index (χ2v) is 8.54. The summed E-state index contributed by atoms with van der Waals surface area (Å²) < 4.78 is 2.41. The first-order valence-corrected chi connectivity index (χ1v) is 10.7. The molecular formula is C20H28N4S. The number of hydrogen-bond acceptors (Lipinski definition) is 4. The van der Waals surface area contributed by atoms with Crippen molar-refractivity contribution < 1.29 is 0 Å². The van der Waals surface area contributed by atoms with E-state index in [0.717, 1.165) is 23.9 Å². The summed E-state index contributed by atoms with van der Waals surface area (Å²) in [4.78, 5) is 0. The van der Waals surface area contributed by atoms with Gasteiger partial charge in [-0.15, -0.1) is 10.2 Å². The molecule has 1 aromatic carbocycles. The third-order valence-electron chi connectivity index (χ3n) is 5.36. The zero-order chi connectivity index (χ0) is 16.9. The van der Waals surface area contributed by atoms with Crippen molar-refractivity contribution >= 4 is 11.8 Å². The standard InChI is InChI=1S/C20H28N4S/c1-3-9-16(10-4-1)15-19-22-23-20(25-17-11-5-2-6-12-17)24(19)18-13-7-8-14-21-18/h1,3-4,9-10,17-18,21H,2,5-8,11-15H2. The summed E-state index contributed by atoms with van der Waals surface area (Å²) in [5, 5.41) is 14.8. The molecule has 4 nitrogen and oxygen atoms in total. The van der Waals surface area contributed by atoms with E-state index < -0.39 is 0 Å². The number of nitrogens with one attached hydrogen (secondary N) is 1. The van der Waals surface area contributed by atoms with Gasteiger partial charge in [0, 0.05) is 11.7 Å². The highest BCUT2D eigenvalue weighted by molar-refractivity contribution is 7.99. The molecule has 0 radical (unpaired) electrons. The molecular weight excluding hydrogens is 328 g/mol. The predicted molar refractivity (Wildman–Crippen MR) is 103 cm³/mol. The Hall–Kier alpha value is -1.33. The Labute approximate surface area is 154 Å². The Morgan fingerprint density at radius 1 is 0.960 bits per heavy atom. The molecule has 1 N–H and O–H groups in total. The van der Waals surface area contributed by atoms with Crippen molar-refractivity contribution in [2.45, 2.75) is 74.4 Å². The molecule has 2 aromatic rings. The highest BCUT2D eigenvalue weighted by Crippen LogP contribution is 2.35. The quantitative estimate of drug-likeness (QED) is 0.852. The number of thioether (sulfide) groups is 1. The maximum Gasteiger partial charge on any atom is 0.192 e. The van der Waals surface area contributed by atoms with Crippen LogP contribution in [-0.2, 0) is 6.42 Å². The van der Waals surface area contributed by atoms with Crippen molar-refractivity contribution in [2.24, 2.45) is 0 Å². The lowest BCUT2D eigenvalue weighted by atomic mass is 10.0. The zero-order valence-corrected chi connectivity index (χ0v) is 15.7. The van der Waals surface area contributed by atoms with Gasteiger partial charge < -0.3 is 0 Å². The molecule has 1 aromatic heterocycles. The molecule has 2 fully saturated rings. The van der Waals surface area contributed by atoms with E-state index in [9.17, 15) is 0 Å². The van der Waals surface area contributed by atoms with Gasteiger partial charge in [0.15, 0.2) is 5.16 Å². The molecule has 2 aliphatic rings. The Morgan fingerprint density at radius 3 is 2.52 bits per heavy atom. The minimum Gasteiger partial charge on any atom is -0.297 e. The van der Waals surface area contributed by atoms with Crippen molar-refractivity contribution in [1.29, 1.82) is 0 Å². The monoisotopic (exact) mass is 356 g/mol. The summed E-state index contributed by atoms with van der Waals surface area (Å²) in [5.74, 6) is 1.10. The highest BCUT2D eigenvalue weighted by Gasteiger charge is 2.25. The van der Waals surface area contributed by atoms with E-state index in [1.807, 2.05) is 11.8 Å². The van der Waals surface area contributed by atoms with Crippen LogP contribution in [0, 0.1) is 0 Å². The number of hydrogen-bond donors (Lipinski definition) is 1. The second kappa shape index (κ2) is 8.37. The van der Waals surface area contributed by atoms with Crippen LogP contribution in [0.4, 0.5) is 0 Å². The lowest BCUT2D eigenvalue weighted by molar-refractivity contribution is 0.299. The smallest absolute Gasteiger partial charge is 0.192 e. The van der Waals surface area contributed by atoms with E-state index in [1.165, 1.54) is 56.9 Å². The Kier molecular flexibility index (Phi) is 5.72. The summed E-state index contributed by atoms with van der Waals surface area (Å²) in [6, 6.07) is 10.6. The number of piperidine rings is 1. The van der Waals surface area contributed by atoms with Crippen LogP contribution in [0.2, 0.25) is 0 Å². The summed E-state index contributed by atoms with van der Waals surface area (Å²) in [5.41, 5.74) is 1.31. The third-order valence-corrected chi connectivity index (χ3v) is 6.65. The average molecular weight is 357 g/mol. The van der Waals surface area contributed by atoms with Crippen LogP contribution in [0.25, 0.3) is 0 Å². The van der Waals surface area contributed by atoms with Crippen LogP contribution in [0.5, 0.6) is 0 Å². The summed E-state index contributed by atoms with van der Waals surface area (Å²) in [6.07, 6.45) is 11.7. The fraction of sp³-hybridized carbons (Fsp3) is 0.600. The van der Waals surface area contributed by atoms with Crippen LogP contribution < -0.4 is 5.32 Å². The van der Waals surface area contributed by atoms with E-state index in [0.29, 0.717) is 11.4 Å². The van der Waals surface area contributed by atoms with Crippen molar-refractivity contribution in [2.75, 3.05) is 6.54 Å². The molecule has 0 amide bonds. The van der Waals surface area contributed by atoms with E-state index in [1.54, 1.807) is 0 Å². The Morgan fingerprint density at radius 2 is 1.76 bits per heavy atom. The minimum absolute atomic E-state index is 0.355. The third kappa shape index (κ3) is 4.26. The van der Waals surface area contributed by atoms with Gasteiger partial charge in [-0.05, 0) is 44.2 Å². The van der Waals surface area contributed by atoms with E-state index >= 15 is 0 Å². The number of benzene rings is 1. The Bertz CT molecular complexity index is 658. The second-order valence-electron chi connectivity index (χ2n) is 7.27. The van der Waals surface area contributed by atoms with Gasteiger partial charge in [0.1, 0.15) is 5.82 Å². The van der Waals surface area contributed by atoms with E-state index in [4.69, 9.17) is 0 Å². The SMILES string of the molecule is c1ccc(Cc2nnc(SC3CCCCC3)n2C2CCCCN2)cc1. The maximum atomic E-state index is 4.62. The van der Waals surface area contributed by atoms with Crippen LogP contribution in [0.15, 0.2) is 35.5 Å². The Balaban J connectivity index is 1.58. The first-order chi connectivity index (χ1) is 12.4. The average Bonchev–Trinajstić information content (AvgIpc) is 3.06. The number of nitrogens with zero attached hydrogens (tertiary/aromatic N) is 3. The fourth-order valence-electron chi connectivity index (χ4n) is 3.99. The first-order valence-electron chi connectivity index (χ1n) is 9.78. The van der Waals surface area contributed by atoms with Crippen LogP contribution in [-0.4, -0.2) is 26.6 Å². The predicted octanol–water partition coefficient (Wildman–Crippen LogP) is 4.57. The van der Waals surface area contributed by atoms with Crippen LogP contribution >= 0.6 is 11.8 Å². The first kappa shape index (κ1) is 17.1. The molecule has 134 valence electrons. The molecule has 1 saturated heterocycles. The van der Waals surface area contributed by atoms with E-state index in [2.05, 4.69) is 50.4 Å². The van der Waals surface area contributed by atoms with Crippen molar-refractivity contribution in [3.05, 3.63) is 41.7 Å². The molecule has 0 spiro atoms. The molecule has 2 heterocycles. The molecule has 1 atom stereocenters. The largest absolute Gasteiger partial charge is 0.297 e. The van der Waals surface area contributed by atoms with Gasteiger partial charge in [0.2, 0.25) is 0 Å². The van der Waals surface area contributed by atoms with Gasteiger partial charge in [-0.3, -0.25) is 9.88 Å². The minimum atomic E-state index is 0.355. The lowest BCUT2D eigenvalue weighted by Crippen LogP contribution is -2.33. The van der Waals surface area contributed by atoms with Crippen LogP contribution in [0.3, 0.4) is 0 Å². The molecule has 1 aliphatic heterocycles. The van der Waals surface area contributed by atoms with Gasteiger partial charge in [-0.1, -0.05) is 61.4 Å². The van der Waals surface area contributed by atoms with Crippen molar-refractivity contribution in [3.8, 4) is 0 Å². The summed E-state index contributed by atoms with van der Waals surface area (Å²) in [7, 11) is 0. The van der Waals surface area contributed by atoms with Crippen molar-refractivity contribution in [1.82, 2.24) is 20.1 Å². The maximum absolute atomic E-state index is 4.62. The molecule has 1 aliphatic carbocycles. The molecule has 5 heteroatoms. The summed E-state index contributed by atoms with van der Waals surface area (Å²) in [6.45, 7) is 1.10. The van der Waals surface area contributed by atoms with Crippen LogP contribution in [0.1, 0.15) is 68.9 Å². The molecule has 4 rings (SSSR count). The molecule has 1 unspecified atom stereocenters. The lowest BCUT2D eigenvalue weighted by Gasteiger charge is -2.28.